The molecule has 7 nitrogen and oxygen atoms in total. The molecule has 4 rings (SSSR count). The first-order chi connectivity index (χ1) is 13.8. The topological polar surface area (TPSA) is 83.2 Å². The Balaban J connectivity index is 1.45. The highest BCUT2D eigenvalue weighted by Gasteiger charge is 2.13. The molecule has 0 radical (unpaired) electrons. The number of hydrogen-bond acceptors (Lipinski definition) is 9. The van der Waals surface area contributed by atoms with Gasteiger partial charge in [0.25, 0.3) is 5.22 Å². The second-order valence-corrected chi connectivity index (χ2v) is 7.39. The lowest BCUT2D eigenvalue weighted by Gasteiger charge is -2.08. The molecule has 0 aliphatic heterocycles. The molecule has 3 heterocycles. The van der Waals surface area contributed by atoms with Crippen LogP contribution in [0, 0.1) is 0 Å². The van der Waals surface area contributed by atoms with Gasteiger partial charge < -0.3 is 13.9 Å². The van der Waals surface area contributed by atoms with Crippen molar-refractivity contribution in [3.8, 4) is 33.5 Å². The van der Waals surface area contributed by atoms with Gasteiger partial charge in [-0.2, -0.15) is 0 Å². The first-order valence-corrected chi connectivity index (χ1v) is 10.2. The van der Waals surface area contributed by atoms with Crippen LogP contribution in [0.2, 0.25) is 0 Å². The highest BCUT2D eigenvalue weighted by atomic mass is 32.2. The second kappa shape index (κ2) is 8.41. The van der Waals surface area contributed by atoms with Crippen LogP contribution in [0.3, 0.4) is 0 Å². The van der Waals surface area contributed by atoms with Gasteiger partial charge in [0.05, 0.1) is 25.5 Å². The van der Waals surface area contributed by atoms with E-state index in [-0.39, 0.29) is 0 Å². The summed E-state index contributed by atoms with van der Waals surface area (Å²) in [5.41, 5.74) is 2.71. The normalized spacial score (nSPS) is 10.8. The van der Waals surface area contributed by atoms with Crippen LogP contribution < -0.4 is 9.47 Å². The van der Waals surface area contributed by atoms with E-state index in [4.69, 9.17) is 18.9 Å². The van der Waals surface area contributed by atoms with Gasteiger partial charge in [0.2, 0.25) is 5.89 Å². The van der Waals surface area contributed by atoms with Crippen molar-refractivity contribution in [2.45, 2.75) is 11.0 Å². The zero-order valence-electron chi connectivity index (χ0n) is 15.2. The highest BCUT2D eigenvalue weighted by molar-refractivity contribution is 7.98. The van der Waals surface area contributed by atoms with Crippen LogP contribution in [0.15, 0.2) is 57.7 Å². The largest absolute Gasteiger partial charge is 0.497 e. The Morgan fingerprint density at radius 3 is 2.71 bits per heavy atom. The van der Waals surface area contributed by atoms with E-state index in [9.17, 15) is 0 Å². The molecular weight excluding hydrogens is 396 g/mol. The maximum Gasteiger partial charge on any atom is 0.277 e. The van der Waals surface area contributed by atoms with Gasteiger partial charge in [0.15, 0.2) is 0 Å². The maximum absolute atomic E-state index is 5.70. The molecule has 0 aliphatic carbocycles. The summed E-state index contributed by atoms with van der Waals surface area (Å²) in [6.45, 7) is 0. The number of rotatable bonds is 7. The van der Waals surface area contributed by atoms with E-state index < -0.39 is 0 Å². The van der Waals surface area contributed by atoms with Crippen LogP contribution in [0.4, 0.5) is 0 Å². The lowest BCUT2D eigenvalue weighted by molar-refractivity contribution is 0.395. The molecule has 3 aromatic heterocycles. The lowest BCUT2D eigenvalue weighted by atomic mass is 10.2. The average molecular weight is 412 g/mol. The van der Waals surface area contributed by atoms with Gasteiger partial charge in [-0.25, -0.2) is 4.98 Å². The van der Waals surface area contributed by atoms with Gasteiger partial charge in [-0.3, -0.25) is 4.98 Å². The van der Waals surface area contributed by atoms with Crippen molar-refractivity contribution in [2.75, 3.05) is 14.2 Å². The quantitative estimate of drug-likeness (QED) is 0.408. The smallest absolute Gasteiger partial charge is 0.277 e. The monoisotopic (exact) mass is 412 g/mol. The Labute approximate surface area is 169 Å². The fourth-order valence-electron chi connectivity index (χ4n) is 2.49. The first-order valence-electron chi connectivity index (χ1n) is 8.30. The molecule has 0 N–H and O–H groups in total. The molecule has 28 heavy (non-hydrogen) atoms. The van der Waals surface area contributed by atoms with Gasteiger partial charge in [-0.1, -0.05) is 11.8 Å². The Hall–Kier alpha value is -2.91. The molecule has 0 saturated carbocycles. The molecule has 142 valence electrons. The van der Waals surface area contributed by atoms with Gasteiger partial charge >= 0.3 is 0 Å². The molecule has 0 saturated heterocycles. The van der Waals surface area contributed by atoms with Gasteiger partial charge in [-0.15, -0.1) is 21.5 Å². The van der Waals surface area contributed by atoms with E-state index in [2.05, 4.69) is 15.2 Å². The Kier molecular flexibility index (Phi) is 5.54. The van der Waals surface area contributed by atoms with Crippen LogP contribution in [-0.4, -0.2) is 34.4 Å². The fraction of sp³-hybridized carbons (Fsp3) is 0.158. The average Bonchev–Trinajstić information content (AvgIpc) is 3.42. The summed E-state index contributed by atoms with van der Waals surface area (Å²) in [6, 6.07) is 9.36. The number of methoxy groups -OCH3 is 2. The zero-order chi connectivity index (χ0) is 19.3. The van der Waals surface area contributed by atoms with Gasteiger partial charge in [0.1, 0.15) is 16.5 Å². The number of pyridine rings is 1. The SMILES string of the molecule is COc1ccc(-c2nc(CSc3nnc(-c4ccncc4)o3)cs2)c(OC)c1. The van der Waals surface area contributed by atoms with Crippen LogP contribution in [0.1, 0.15) is 5.69 Å². The number of nitrogens with zero attached hydrogens (tertiary/aromatic N) is 4. The third kappa shape index (κ3) is 4.00. The predicted octanol–water partition coefficient (Wildman–Crippen LogP) is 4.56. The number of benzene rings is 1. The molecule has 0 atom stereocenters. The van der Waals surface area contributed by atoms with Crippen molar-refractivity contribution in [1.82, 2.24) is 20.2 Å². The molecule has 4 aromatic rings. The third-order valence-corrected chi connectivity index (χ3v) is 5.64. The van der Waals surface area contributed by atoms with Crippen LogP contribution in [-0.2, 0) is 5.75 Å². The number of thiazole rings is 1. The summed E-state index contributed by atoms with van der Waals surface area (Å²) < 4.78 is 16.4. The van der Waals surface area contributed by atoms with E-state index in [0.717, 1.165) is 33.3 Å². The first kappa shape index (κ1) is 18.5. The van der Waals surface area contributed by atoms with Gasteiger partial charge in [0, 0.05) is 35.2 Å². The van der Waals surface area contributed by atoms with Crippen molar-refractivity contribution in [1.29, 1.82) is 0 Å². The Morgan fingerprint density at radius 1 is 1.07 bits per heavy atom. The summed E-state index contributed by atoms with van der Waals surface area (Å²) in [5, 5.41) is 11.6. The van der Waals surface area contributed by atoms with Crippen molar-refractivity contribution in [2.24, 2.45) is 0 Å². The van der Waals surface area contributed by atoms with Crippen LogP contribution in [0.5, 0.6) is 11.5 Å². The minimum absolute atomic E-state index is 0.479. The van der Waals surface area contributed by atoms with Crippen molar-refractivity contribution in [3.05, 3.63) is 53.8 Å². The number of hydrogen-bond donors (Lipinski definition) is 0. The highest BCUT2D eigenvalue weighted by Crippen LogP contribution is 2.36. The molecule has 1 aromatic carbocycles. The molecule has 0 unspecified atom stereocenters. The summed E-state index contributed by atoms with van der Waals surface area (Å²) in [6.07, 6.45) is 3.38. The fourth-order valence-corrected chi connectivity index (χ4v) is 4.10. The zero-order valence-corrected chi connectivity index (χ0v) is 16.8. The number of thioether (sulfide) groups is 1. The van der Waals surface area contributed by atoms with E-state index in [1.165, 1.54) is 11.8 Å². The molecule has 0 spiro atoms. The molecule has 0 aliphatic rings. The van der Waals surface area contributed by atoms with Crippen LogP contribution >= 0.6 is 23.1 Å². The number of aromatic nitrogens is 4. The van der Waals surface area contributed by atoms with E-state index in [0.29, 0.717) is 16.9 Å². The van der Waals surface area contributed by atoms with Gasteiger partial charge in [-0.05, 0) is 24.3 Å². The minimum Gasteiger partial charge on any atom is -0.497 e. The minimum atomic E-state index is 0.479. The summed E-state index contributed by atoms with van der Waals surface area (Å²) >= 11 is 3.01. The summed E-state index contributed by atoms with van der Waals surface area (Å²) in [7, 11) is 3.27. The van der Waals surface area contributed by atoms with E-state index in [1.54, 1.807) is 38.0 Å². The molecular formula is C19H16N4O3S2. The predicted molar refractivity (Wildman–Crippen MR) is 108 cm³/mol. The van der Waals surface area contributed by atoms with E-state index in [1.807, 2.05) is 35.7 Å². The van der Waals surface area contributed by atoms with Crippen molar-refractivity contribution >= 4 is 23.1 Å². The lowest BCUT2D eigenvalue weighted by Crippen LogP contribution is -1.90. The van der Waals surface area contributed by atoms with Crippen molar-refractivity contribution in [3.63, 3.8) is 0 Å². The van der Waals surface area contributed by atoms with E-state index >= 15 is 0 Å². The standard InChI is InChI=1S/C19H16N4O3S2/c1-24-14-3-4-15(16(9-14)25-2)18-21-13(10-27-18)11-28-19-23-22-17(26-19)12-5-7-20-8-6-12/h3-10H,11H2,1-2H3. The molecule has 0 fully saturated rings. The molecule has 9 heteroatoms. The van der Waals surface area contributed by atoms with Crippen molar-refractivity contribution < 1.29 is 13.9 Å². The Morgan fingerprint density at radius 2 is 1.93 bits per heavy atom. The second-order valence-electron chi connectivity index (χ2n) is 5.61. The summed E-state index contributed by atoms with van der Waals surface area (Å²) in [5.74, 6) is 2.58. The summed E-state index contributed by atoms with van der Waals surface area (Å²) in [4.78, 5) is 8.69. The third-order valence-electron chi connectivity index (χ3n) is 3.87. The maximum atomic E-state index is 5.70. The number of ether oxygens (including phenoxy) is 2. The van der Waals surface area contributed by atoms with Crippen LogP contribution in [0.25, 0.3) is 22.0 Å². The Bertz CT molecular complexity index is 1070. The molecule has 0 amide bonds. The molecule has 0 bridgehead atoms.